The van der Waals surface area contributed by atoms with Gasteiger partial charge in [-0.3, -0.25) is 9.67 Å². The van der Waals surface area contributed by atoms with E-state index in [-0.39, 0.29) is 0 Å². The van der Waals surface area contributed by atoms with Crippen molar-refractivity contribution in [2.24, 2.45) is 12.0 Å². The standard InChI is InChI=1S/C18H26BrN5OS/c1-20-18(23(2)13-15-12-22-24(3)14-15)21-7-9-26-10-8-25-17-6-4-5-16(19)11-17/h4-6,11-12,14H,7-10,13H2,1-3H3,(H,20,21). The molecule has 0 amide bonds. The molecule has 0 spiro atoms. The van der Waals surface area contributed by atoms with Crippen LogP contribution in [0.25, 0.3) is 0 Å². The molecule has 1 aromatic heterocycles. The van der Waals surface area contributed by atoms with Gasteiger partial charge in [0.1, 0.15) is 5.75 Å². The monoisotopic (exact) mass is 439 g/mol. The summed E-state index contributed by atoms with van der Waals surface area (Å²) < 4.78 is 8.58. The van der Waals surface area contributed by atoms with Crippen molar-refractivity contribution >= 4 is 33.7 Å². The quantitative estimate of drug-likeness (QED) is 0.369. The van der Waals surface area contributed by atoms with Crippen LogP contribution in [0, 0.1) is 0 Å². The Bertz CT molecular complexity index is 706. The van der Waals surface area contributed by atoms with Crippen LogP contribution >= 0.6 is 27.7 Å². The smallest absolute Gasteiger partial charge is 0.193 e. The Morgan fingerprint density at radius 2 is 2.27 bits per heavy atom. The molecule has 0 radical (unpaired) electrons. The highest BCUT2D eigenvalue weighted by atomic mass is 79.9. The van der Waals surface area contributed by atoms with Crippen molar-refractivity contribution in [2.75, 3.05) is 38.8 Å². The van der Waals surface area contributed by atoms with Gasteiger partial charge >= 0.3 is 0 Å². The van der Waals surface area contributed by atoms with Gasteiger partial charge in [-0.15, -0.1) is 0 Å². The SMILES string of the molecule is CN=C(NCCSCCOc1cccc(Br)c1)N(C)Cc1cnn(C)c1. The molecule has 142 valence electrons. The Labute approximate surface area is 168 Å². The third-order valence-electron chi connectivity index (χ3n) is 3.57. The van der Waals surface area contributed by atoms with Crippen molar-refractivity contribution < 1.29 is 4.74 Å². The summed E-state index contributed by atoms with van der Waals surface area (Å²) >= 11 is 5.31. The summed E-state index contributed by atoms with van der Waals surface area (Å²) in [4.78, 5) is 6.43. The number of halogens is 1. The molecule has 0 aliphatic rings. The van der Waals surface area contributed by atoms with E-state index in [0.29, 0.717) is 6.61 Å². The first-order valence-corrected chi connectivity index (χ1v) is 10.4. The van der Waals surface area contributed by atoms with Gasteiger partial charge in [-0.1, -0.05) is 22.0 Å². The molecule has 0 saturated carbocycles. The largest absolute Gasteiger partial charge is 0.493 e. The summed E-state index contributed by atoms with van der Waals surface area (Å²) in [5, 5.41) is 7.59. The van der Waals surface area contributed by atoms with Crippen LogP contribution in [-0.2, 0) is 13.6 Å². The first-order chi connectivity index (χ1) is 12.6. The molecule has 0 fully saturated rings. The highest BCUT2D eigenvalue weighted by Gasteiger charge is 2.07. The molecule has 1 heterocycles. The maximum Gasteiger partial charge on any atom is 0.193 e. The molecule has 2 aromatic rings. The van der Waals surface area contributed by atoms with Crippen molar-refractivity contribution in [1.82, 2.24) is 20.0 Å². The number of benzene rings is 1. The molecule has 0 bridgehead atoms. The second-order valence-corrected chi connectivity index (χ2v) is 7.91. The number of hydrogen-bond acceptors (Lipinski definition) is 4. The molecule has 0 atom stereocenters. The molecule has 0 aliphatic heterocycles. The van der Waals surface area contributed by atoms with E-state index in [9.17, 15) is 0 Å². The van der Waals surface area contributed by atoms with E-state index in [1.54, 1.807) is 7.05 Å². The lowest BCUT2D eigenvalue weighted by atomic mass is 10.3. The summed E-state index contributed by atoms with van der Waals surface area (Å²) in [6.45, 7) is 2.35. The summed E-state index contributed by atoms with van der Waals surface area (Å²) in [6, 6.07) is 7.92. The van der Waals surface area contributed by atoms with E-state index in [2.05, 4.69) is 36.2 Å². The molecule has 0 unspecified atom stereocenters. The Balaban J connectivity index is 1.58. The molecule has 0 aliphatic carbocycles. The van der Waals surface area contributed by atoms with Crippen LogP contribution in [0.1, 0.15) is 5.56 Å². The highest BCUT2D eigenvalue weighted by molar-refractivity contribution is 9.10. The zero-order valence-electron chi connectivity index (χ0n) is 15.5. The number of aliphatic imine (C=N–C) groups is 1. The molecule has 2 rings (SSSR count). The summed E-state index contributed by atoms with van der Waals surface area (Å²) in [5.41, 5.74) is 1.16. The third-order valence-corrected chi connectivity index (χ3v) is 5.01. The lowest BCUT2D eigenvalue weighted by Gasteiger charge is -2.21. The fourth-order valence-corrected chi connectivity index (χ4v) is 3.43. The number of aromatic nitrogens is 2. The van der Waals surface area contributed by atoms with Gasteiger partial charge in [0.25, 0.3) is 0 Å². The molecule has 6 nitrogen and oxygen atoms in total. The number of nitrogens with zero attached hydrogens (tertiary/aromatic N) is 4. The van der Waals surface area contributed by atoms with Gasteiger partial charge in [-0.05, 0) is 18.2 Å². The van der Waals surface area contributed by atoms with E-state index < -0.39 is 0 Å². The van der Waals surface area contributed by atoms with E-state index in [1.807, 2.05) is 67.2 Å². The summed E-state index contributed by atoms with van der Waals surface area (Å²) in [6.07, 6.45) is 3.90. The number of rotatable bonds is 9. The van der Waals surface area contributed by atoms with E-state index in [4.69, 9.17) is 4.74 Å². The van der Waals surface area contributed by atoms with E-state index in [0.717, 1.165) is 46.3 Å². The predicted molar refractivity (Wildman–Crippen MR) is 113 cm³/mol. The second kappa shape index (κ2) is 11.1. The first kappa shape index (κ1) is 20.6. The van der Waals surface area contributed by atoms with Gasteiger partial charge in [-0.25, -0.2) is 0 Å². The van der Waals surface area contributed by atoms with Gasteiger partial charge in [0.15, 0.2) is 5.96 Å². The van der Waals surface area contributed by atoms with Crippen LogP contribution < -0.4 is 10.1 Å². The maximum atomic E-state index is 5.73. The average Bonchev–Trinajstić information content (AvgIpc) is 3.02. The summed E-state index contributed by atoms with van der Waals surface area (Å²) in [7, 11) is 5.76. The van der Waals surface area contributed by atoms with Crippen molar-refractivity contribution in [3.63, 3.8) is 0 Å². The minimum Gasteiger partial charge on any atom is -0.493 e. The van der Waals surface area contributed by atoms with Crippen LogP contribution in [0.15, 0.2) is 46.1 Å². The Morgan fingerprint density at radius 3 is 2.96 bits per heavy atom. The molecule has 26 heavy (non-hydrogen) atoms. The van der Waals surface area contributed by atoms with Crippen LogP contribution in [0.4, 0.5) is 0 Å². The van der Waals surface area contributed by atoms with Crippen molar-refractivity contribution in [1.29, 1.82) is 0 Å². The van der Waals surface area contributed by atoms with Gasteiger partial charge < -0.3 is 15.0 Å². The maximum absolute atomic E-state index is 5.73. The average molecular weight is 440 g/mol. The lowest BCUT2D eigenvalue weighted by molar-refractivity contribution is 0.344. The lowest BCUT2D eigenvalue weighted by Crippen LogP contribution is -2.39. The minimum atomic E-state index is 0.705. The molecule has 1 aromatic carbocycles. The second-order valence-electron chi connectivity index (χ2n) is 5.77. The molecular weight excluding hydrogens is 414 g/mol. The number of guanidine groups is 1. The third kappa shape index (κ3) is 7.29. The minimum absolute atomic E-state index is 0.705. The van der Waals surface area contributed by atoms with Crippen molar-refractivity contribution in [2.45, 2.75) is 6.54 Å². The number of ether oxygens (including phenoxy) is 1. The van der Waals surface area contributed by atoms with Gasteiger partial charge in [-0.2, -0.15) is 16.9 Å². The molecular formula is C18H26BrN5OS. The molecule has 1 N–H and O–H groups in total. The number of aryl methyl sites for hydroxylation is 1. The first-order valence-electron chi connectivity index (χ1n) is 8.44. The number of hydrogen-bond donors (Lipinski definition) is 1. The number of nitrogens with one attached hydrogen (secondary N) is 1. The van der Waals surface area contributed by atoms with Crippen molar-refractivity contribution in [3.8, 4) is 5.75 Å². The highest BCUT2D eigenvalue weighted by Crippen LogP contribution is 2.17. The zero-order valence-corrected chi connectivity index (χ0v) is 17.9. The van der Waals surface area contributed by atoms with Gasteiger partial charge in [0, 0.05) is 62.0 Å². The fourth-order valence-electron chi connectivity index (χ4n) is 2.40. The molecule has 0 saturated heterocycles. The topological polar surface area (TPSA) is 54.7 Å². The normalized spacial score (nSPS) is 11.5. The summed E-state index contributed by atoms with van der Waals surface area (Å²) in [5.74, 6) is 3.75. The Hall–Kier alpha value is -1.67. The van der Waals surface area contributed by atoms with Crippen LogP contribution in [0.2, 0.25) is 0 Å². The Morgan fingerprint density at radius 1 is 1.42 bits per heavy atom. The van der Waals surface area contributed by atoms with Crippen LogP contribution in [-0.4, -0.2) is 59.4 Å². The fraction of sp³-hybridized carbons (Fsp3) is 0.444. The van der Waals surface area contributed by atoms with E-state index >= 15 is 0 Å². The van der Waals surface area contributed by atoms with Gasteiger partial charge in [0.05, 0.1) is 12.8 Å². The van der Waals surface area contributed by atoms with Gasteiger partial charge in [0.2, 0.25) is 0 Å². The molecule has 8 heteroatoms. The van der Waals surface area contributed by atoms with Crippen LogP contribution in [0.5, 0.6) is 5.75 Å². The zero-order chi connectivity index (χ0) is 18.8. The Kier molecular flexibility index (Phi) is 8.84. The predicted octanol–water partition coefficient (Wildman–Crippen LogP) is 3.00. The van der Waals surface area contributed by atoms with E-state index in [1.165, 1.54) is 0 Å². The number of thioether (sulfide) groups is 1. The van der Waals surface area contributed by atoms with Crippen molar-refractivity contribution in [3.05, 3.63) is 46.7 Å². The van der Waals surface area contributed by atoms with Crippen LogP contribution in [0.3, 0.4) is 0 Å².